The van der Waals surface area contributed by atoms with Gasteiger partial charge in [0.2, 0.25) is 0 Å². The van der Waals surface area contributed by atoms with Gasteiger partial charge in [-0.15, -0.1) is 0 Å². The molecule has 0 aliphatic heterocycles. The monoisotopic (exact) mass is 308 g/mol. The highest BCUT2D eigenvalue weighted by Crippen LogP contribution is 2.21. The molecule has 0 unspecified atom stereocenters. The quantitative estimate of drug-likeness (QED) is 0.838. The van der Waals surface area contributed by atoms with E-state index < -0.39 is 0 Å². The third kappa shape index (κ3) is 3.59. The molecule has 1 aromatic carbocycles. The minimum Gasteiger partial charge on any atom is -0.347 e. The van der Waals surface area contributed by atoms with Crippen LogP contribution in [0.3, 0.4) is 0 Å². The van der Waals surface area contributed by atoms with Gasteiger partial charge in [0, 0.05) is 33.7 Å². The number of fused-ring (bicyclic) bond motifs is 1. The summed E-state index contributed by atoms with van der Waals surface area (Å²) < 4.78 is 3.47. The van der Waals surface area contributed by atoms with Crippen LogP contribution in [0.4, 0.5) is 0 Å². The zero-order chi connectivity index (χ0) is 13.2. The first kappa shape index (κ1) is 13.6. The number of halogens is 1. The average molecular weight is 309 g/mol. The first-order chi connectivity index (χ1) is 8.46. The van der Waals surface area contributed by atoms with E-state index in [-0.39, 0.29) is 5.54 Å². The Hall–Kier alpha value is -0.800. The van der Waals surface area contributed by atoms with Gasteiger partial charge in [-0.25, -0.2) is 0 Å². The lowest BCUT2D eigenvalue weighted by Crippen LogP contribution is -2.36. The summed E-state index contributed by atoms with van der Waals surface area (Å²) in [7, 11) is 0. The lowest BCUT2D eigenvalue weighted by molar-refractivity contribution is 0.414. The molecule has 0 radical (unpaired) electrons. The number of aryl methyl sites for hydroxylation is 1. The molecule has 0 fully saturated rings. The maximum atomic E-state index is 3.52. The molecule has 1 N–H and O–H groups in total. The van der Waals surface area contributed by atoms with Crippen molar-refractivity contribution in [3.05, 3.63) is 34.9 Å². The Morgan fingerprint density at radius 3 is 2.72 bits per heavy atom. The van der Waals surface area contributed by atoms with Crippen LogP contribution < -0.4 is 5.32 Å². The van der Waals surface area contributed by atoms with Gasteiger partial charge in [-0.05, 0) is 58.0 Å². The fourth-order valence-corrected chi connectivity index (χ4v) is 2.46. The number of rotatable bonds is 4. The number of benzene rings is 1. The molecule has 18 heavy (non-hydrogen) atoms. The summed E-state index contributed by atoms with van der Waals surface area (Å²) >= 11 is 3.51. The van der Waals surface area contributed by atoms with Gasteiger partial charge < -0.3 is 9.88 Å². The van der Waals surface area contributed by atoms with E-state index in [1.165, 1.54) is 10.9 Å². The Labute approximate surface area is 118 Å². The van der Waals surface area contributed by atoms with Crippen molar-refractivity contribution < 1.29 is 0 Å². The van der Waals surface area contributed by atoms with E-state index in [0.29, 0.717) is 0 Å². The van der Waals surface area contributed by atoms with Crippen LogP contribution >= 0.6 is 15.9 Å². The number of hydrogen-bond donors (Lipinski definition) is 1. The highest BCUT2D eigenvalue weighted by atomic mass is 79.9. The highest BCUT2D eigenvalue weighted by molar-refractivity contribution is 9.10. The highest BCUT2D eigenvalue weighted by Gasteiger charge is 2.07. The smallest absolute Gasteiger partial charge is 0.0481 e. The molecule has 0 spiro atoms. The number of nitrogens with zero attached hydrogens (tertiary/aromatic N) is 1. The largest absolute Gasteiger partial charge is 0.347 e. The van der Waals surface area contributed by atoms with Crippen molar-refractivity contribution in [2.24, 2.45) is 0 Å². The first-order valence-corrected chi connectivity index (χ1v) is 7.24. The van der Waals surface area contributed by atoms with Gasteiger partial charge in [0.15, 0.2) is 0 Å². The van der Waals surface area contributed by atoms with Gasteiger partial charge in [0.05, 0.1) is 0 Å². The van der Waals surface area contributed by atoms with Crippen LogP contribution in [0.15, 0.2) is 34.9 Å². The Bertz CT molecular complexity index is 523. The molecule has 0 aliphatic rings. The lowest BCUT2D eigenvalue weighted by atomic mass is 10.1. The van der Waals surface area contributed by atoms with Gasteiger partial charge in [0.1, 0.15) is 0 Å². The van der Waals surface area contributed by atoms with Crippen molar-refractivity contribution in [3.63, 3.8) is 0 Å². The topological polar surface area (TPSA) is 17.0 Å². The van der Waals surface area contributed by atoms with E-state index in [9.17, 15) is 0 Å². The predicted molar refractivity (Wildman–Crippen MR) is 82.0 cm³/mol. The van der Waals surface area contributed by atoms with Crippen LogP contribution in [-0.4, -0.2) is 16.7 Å². The minimum absolute atomic E-state index is 0.212. The summed E-state index contributed by atoms with van der Waals surface area (Å²) in [6.45, 7) is 8.73. The molecule has 3 heteroatoms. The number of nitrogens with one attached hydrogen (secondary N) is 1. The molecule has 2 nitrogen and oxygen atoms in total. The maximum absolute atomic E-state index is 3.52. The molecule has 0 atom stereocenters. The van der Waals surface area contributed by atoms with Gasteiger partial charge in [-0.1, -0.05) is 15.9 Å². The van der Waals surface area contributed by atoms with E-state index in [2.05, 4.69) is 77.0 Å². The third-order valence-corrected chi connectivity index (χ3v) is 3.46. The molecule has 1 aromatic heterocycles. The van der Waals surface area contributed by atoms with E-state index in [1.807, 2.05) is 0 Å². The third-order valence-electron chi connectivity index (χ3n) is 2.96. The van der Waals surface area contributed by atoms with Crippen molar-refractivity contribution in [2.75, 3.05) is 6.54 Å². The summed E-state index contributed by atoms with van der Waals surface area (Å²) in [5, 5.41) is 4.82. The Morgan fingerprint density at radius 2 is 2.00 bits per heavy atom. The Kier molecular flexibility index (Phi) is 4.13. The van der Waals surface area contributed by atoms with Crippen LogP contribution in [0.5, 0.6) is 0 Å². The van der Waals surface area contributed by atoms with E-state index in [1.54, 1.807) is 0 Å². The molecule has 2 aromatic rings. The summed E-state index contributed by atoms with van der Waals surface area (Å²) in [5.41, 5.74) is 1.53. The number of hydrogen-bond acceptors (Lipinski definition) is 1. The molecule has 0 amide bonds. The van der Waals surface area contributed by atoms with Crippen molar-refractivity contribution in [2.45, 2.75) is 39.3 Å². The van der Waals surface area contributed by atoms with Crippen molar-refractivity contribution >= 4 is 26.8 Å². The van der Waals surface area contributed by atoms with Crippen LogP contribution in [0.25, 0.3) is 10.9 Å². The molecule has 1 heterocycles. The van der Waals surface area contributed by atoms with E-state index in [0.717, 1.165) is 24.0 Å². The fourth-order valence-electron chi connectivity index (χ4n) is 2.08. The molecular formula is C15H21BrN2. The van der Waals surface area contributed by atoms with Crippen molar-refractivity contribution in [1.29, 1.82) is 0 Å². The first-order valence-electron chi connectivity index (χ1n) is 6.45. The summed E-state index contributed by atoms with van der Waals surface area (Å²) in [6, 6.07) is 8.62. The Balaban J connectivity index is 1.96. The normalized spacial score (nSPS) is 12.2. The SMILES string of the molecule is CC(C)(C)NCCCn1ccc2cc(Br)ccc21. The van der Waals surface area contributed by atoms with Crippen molar-refractivity contribution in [1.82, 2.24) is 9.88 Å². The molecular weight excluding hydrogens is 288 g/mol. The van der Waals surface area contributed by atoms with Crippen LogP contribution in [0.2, 0.25) is 0 Å². The lowest BCUT2D eigenvalue weighted by Gasteiger charge is -2.20. The van der Waals surface area contributed by atoms with Gasteiger partial charge in [-0.3, -0.25) is 0 Å². The summed E-state index contributed by atoms with van der Waals surface area (Å²) in [4.78, 5) is 0. The second-order valence-electron chi connectivity index (χ2n) is 5.74. The summed E-state index contributed by atoms with van der Waals surface area (Å²) in [6.07, 6.45) is 3.32. The predicted octanol–water partition coefficient (Wildman–Crippen LogP) is 4.18. The zero-order valence-electron chi connectivity index (χ0n) is 11.3. The number of aromatic nitrogens is 1. The van der Waals surface area contributed by atoms with Crippen molar-refractivity contribution in [3.8, 4) is 0 Å². The van der Waals surface area contributed by atoms with Gasteiger partial charge in [-0.2, -0.15) is 0 Å². The molecule has 0 saturated carbocycles. The fraction of sp³-hybridized carbons (Fsp3) is 0.467. The molecule has 0 bridgehead atoms. The standard InChI is InChI=1S/C15H21BrN2/c1-15(2,3)17-8-4-9-18-10-7-12-11-13(16)5-6-14(12)18/h5-7,10-11,17H,4,8-9H2,1-3H3. The van der Waals surface area contributed by atoms with Gasteiger partial charge in [0.25, 0.3) is 0 Å². The molecule has 0 saturated heterocycles. The zero-order valence-corrected chi connectivity index (χ0v) is 12.9. The molecule has 0 aliphatic carbocycles. The average Bonchev–Trinajstić information content (AvgIpc) is 2.65. The van der Waals surface area contributed by atoms with Gasteiger partial charge >= 0.3 is 0 Å². The second kappa shape index (κ2) is 5.45. The molecule has 98 valence electrons. The van der Waals surface area contributed by atoms with E-state index >= 15 is 0 Å². The Morgan fingerprint density at radius 1 is 1.22 bits per heavy atom. The maximum Gasteiger partial charge on any atom is 0.0481 e. The second-order valence-corrected chi connectivity index (χ2v) is 6.66. The minimum atomic E-state index is 0.212. The van der Waals surface area contributed by atoms with Crippen LogP contribution in [0.1, 0.15) is 27.2 Å². The summed E-state index contributed by atoms with van der Waals surface area (Å²) in [5.74, 6) is 0. The van der Waals surface area contributed by atoms with Crippen LogP contribution in [-0.2, 0) is 6.54 Å². The van der Waals surface area contributed by atoms with E-state index in [4.69, 9.17) is 0 Å². The van der Waals surface area contributed by atoms with Crippen LogP contribution in [0, 0.1) is 0 Å². The molecule has 2 rings (SSSR count).